The molecule has 2 aromatic heterocycles. The lowest BCUT2D eigenvalue weighted by Crippen LogP contribution is -2.38. The zero-order valence-corrected chi connectivity index (χ0v) is 22.2. The van der Waals surface area contributed by atoms with Gasteiger partial charge in [-0.1, -0.05) is 50.5 Å². The van der Waals surface area contributed by atoms with E-state index in [2.05, 4.69) is 6.92 Å². The third-order valence-corrected chi connectivity index (χ3v) is 7.32. The maximum atomic E-state index is 13.9. The fraction of sp³-hybridized carbons (Fsp3) is 0.345. The van der Waals surface area contributed by atoms with Crippen LogP contribution in [0.3, 0.4) is 0 Å². The summed E-state index contributed by atoms with van der Waals surface area (Å²) in [6.07, 6.45) is 4.17. The number of carbonyl (C=O) groups excluding carboxylic acids is 1. The van der Waals surface area contributed by atoms with Crippen molar-refractivity contribution in [2.75, 3.05) is 13.7 Å². The molecule has 1 atom stereocenters. The summed E-state index contributed by atoms with van der Waals surface area (Å²) in [5.74, 6) is 1.05. The molecule has 0 saturated carbocycles. The molecule has 0 bridgehead atoms. The molecule has 1 unspecified atom stereocenters. The van der Waals surface area contributed by atoms with Crippen LogP contribution in [0.5, 0.6) is 5.75 Å². The second kappa shape index (κ2) is 11.5. The first-order valence-corrected chi connectivity index (χ1v) is 13.4. The number of methoxy groups -OCH3 is 1. The normalized spacial score (nSPS) is 12.0. The van der Waals surface area contributed by atoms with E-state index in [4.69, 9.17) is 9.72 Å². The van der Waals surface area contributed by atoms with Crippen molar-refractivity contribution in [2.24, 2.45) is 0 Å². The molecule has 4 aromatic rings. The molecule has 4 rings (SSSR count). The van der Waals surface area contributed by atoms with Gasteiger partial charge in [0, 0.05) is 6.54 Å². The number of aromatic nitrogens is 2. The van der Waals surface area contributed by atoms with Gasteiger partial charge in [0.25, 0.3) is 11.5 Å². The van der Waals surface area contributed by atoms with Crippen molar-refractivity contribution in [1.82, 2.24) is 14.5 Å². The van der Waals surface area contributed by atoms with Gasteiger partial charge < -0.3 is 9.64 Å². The molecule has 36 heavy (non-hydrogen) atoms. The number of benzene rings is 2. The maximum absolute atomic E-state index is 13.9. The summed E-state index contributed by atoms with van der Waals surface area (Å²) in [5, 5.41) is 2.44. The first-order chi connectivity index (χ1) is 17.5. The Labute approximate surface area is 216 Å². The summed E-state index contributed by atoms with van der Waals surface area (Å²) in [6.45, 7) is 6.70. The van der Waals surface area contributed by atoms with Crippen LogP contribution in [-0.2, 0) is 0 Å². The summed E-state index contributed by atoms with van der Waals surface area (Å²) in [4.78, 5) is 35.1. The minimum absolute atomic E-state index is 0.0424. The Morgan fingerprint density at radius 1 is 1.11 bits per heavy atom. The lowest BCUT2D eigenvalue weighted by molar-refractivity contribution is 0.0682. The van der Waals surface area contributed by atoms with Crippen LogP contribution in [-0.4, -0.2) is 34.0 Å². The predicted molar refractivity (Wildman–Crippen MR) is 147 cm³/mol. The largest absolute Gasteiger partial charge is 0.495 e. The van der Waals surface area contributed by atoms with Crippen LogP contribution in [0.2, 0.25) is 0 Å². The lowest BCUT2D eigenvalue weighted by Gasteiger charge is -2.30. The minimum Gasteiger partial charge on any atom is -0.495 e. The first kappa shape index (κ1) is 25.6. The molecule has 1 amide bonds. The van der Waals surface area contributed by atoms with E-state index in [1.165, 1.54) is 11.3 Å². The van der Waals surface area contributed by atoms with Crippen molar-refractivity contribution in [3.63, 3.8) is 0 Å². The molecule has 6 nitrogen and oxygen atoms in total. The van der Waals surface area contributed by atoms with E-state index >= 15 is 0 Å². The number of para-hydroxylation sites is 1. The van der Waals surface area contributed by atoms with E-state index in [0.717, 1.165) is 31.2 Å². The van der Waals surface area contributed by atoms with Crippen molar-refractivity contribution < 1.29 is 9.53 Å². The molecule has 0 aliphatic rings. The molecule has 2 aromatic carbocycles. The Hall–Kier alpha value is -3.45. The average molecular weight is 504 g/mol. The SMILES string of the molecule is CCCCCCN(C(=O)c1cccs1)C(C)c1nc2ccccc2c(=O)n1-c1cc(C)ccc1OC. The van der Waals surface area contributed by atoms with E-state index in [9.17, 15) is 9.59 Å². The van der Waals surface area contributed by atoms with E-state index in [0.29, 0.717) is 39.6 Å². The summed E-state index contributed by atoms with van der Waals surface area (Å²) in [6, 6.07) is 16.4. The Balaban J connectivity index is 1.90. The van der Waals surface area contributed by atoms with Gasteiger partial charge in [-0.15, -0.1) is 11.3 Å². The van der Waals surface area contributed by atoms with Crippen LogP contribution in [0.15, 0.2) is 64.8 Å². The molecular formula is C29H33N3O3S. The highest BCUT2D eigenvalue weighted by atomic mass is 32.1. The molecule has 0 aliphatic carbocycles. The predicted octanol–water partition coefficient (Wildman–Crippen LogP) is 6.55. The lowest BCUT2D eigenvalue weighted by atomic mass is 10.1. The van der Waals surface area contributed by atoms with E-state index < -0.39 is 6.04 Å². The van der Waals surface area contributed by atoms with Crippen LogP contribution < -0.4 is 10.3 Å². The summed E-state index contributed by atoms with van der Waals surface area (Å²) in [7, 11) is 1.59. The van der Waals surface area contributed by atoms with Crippen molar-refractivity contribution >= 4 is 28.1 Å². The van der Waals surface area contributed by atoms with Gasteiger partial charge in [0.05, 0.1) is 34.6 Å². The number of nitrogens with zero attached hydrogens (tertiary/aromatic N) is 3. The molecule has 0 saturated heterocycles. The highest BCUT2D eigenvalue weighted by Crippen LogP contribution is 2.30. The molecule has 0 radical (unpaired) electrons. The van der Waals surface area contributed by atoms with Crippen LogP contribution in [0.4, 0.5) is 0 Å². The number of hydrogen-bond donors (Lipinski definition) is 0. The van der Waals surface area contributed by atoms with E-state index in [1.54, 1.807) is 17.7 Å². The summed E-state index contributed by atoms with van der Waals surface area (Å²) in [5.41, 5.74) is 2.05. The van der Waals surface area contributed by atoms with Crippen molar-refractivity contribution in [2.45, 2.75) is 52.5 Å². The number of fused-ring (bicyclic) bond motifs is 1. The van der Waals surface area contributed by atoms with E-state index in [-0.39, 0.29) is 11.5 Å². The molecule has 0 fully saturated rings. The average Bonchev–Trinajstić information content (AvgIpc) is 3.43. The highest BCUT2D eigenvalue weighted by molar-refractivity contribution is 7.12. The minimum atomic E-state index is -0.441. The third kappa shape index (κ3) is 5.21. The van der Waals surface area contributed by atoms with Crippen LogP contribution >= 0.6 is 11.3 Å². The number of hydrogen-bond acceptors (Lipinski definition) is 5. The van der Waals surface area contributed by atoms with Crippen molar-refractivity contribution in [3.05, 3.63) is 86.6 Å². The fourth-order valence-corrected chi connectivity index (χ4v) is 5.18. The highest BCUT2D eigenvalue weighted by Gasteiger charge is 2.28. The fourth-order valence-electron chi connectivity index (χ4n) is 4.50. The number of carbonyl (C=O) groups is 1. The van der Waals surface area contributed by atoms with Crippen LogP contribution in [0, 0.1) is 6.92 Å². The Kier molecular flexibility index (Phi) is 8.21. The second-order valence-electron chi connectivity index (χ2n) is 9.02. The van der Waals surface area contributed by atoms with Crippen LogP contribution in [0.25, 0.3) is 16.6 Å². The number of aryl methyl sites for hydroxylation is 1. The molecule has 7 heteroatoms. The molecule has 0 aliphatic heterocycles. The van der Waals surface area contributed by atoms with Gasteiger partial charge in [0.2, 0.25) is 0 Å². The number of rotatable bonds is 10. The van der Waals surface area contributed by atoms with Gasteiger partial charge in [-0.25, -0.2) is 4.98 Å². The molecular weight excluding hydrogens is 470 g/mol. The molecule has 188 valence electrons. The monoisotopic (exact) mass is 503 g/mol. The molecule has 0 N–H and O–H groups in total. The molecule has 0 spiro atoms. The molecule has 2 heterocycles. The van der Waals surface area contributed by atoms with Gasteiger partial charge >= 0.3 is 0 Å². The summed E-state index contributed by atoms with van der Waals surface area (Å²) < 4.78 is 7.27. The van der Waals surface area contributed by atoms with Gasteiger partial charge in [-0.05, 0) is 61.5 Å². The van der Waals surface area contributed by atoms with Crippen LogP contribution in [0.1, 0.15) is 66.6 Å². The van der Waals surface area contributed by atoms with Gasteiger partial charge in [-0.2, -0.15) is 0 Å². The number of amides is 1. The quantitative estimate of drug-likeness (QED) is 0.230. The zero-order valence-electron chi connectivity index (χ0n) is 21.4. The first-order valence-electron chi connectivity index (χ1n) is 12.5. The van der Waals surface area contributed by atoms with Gasteiger partial charge in [-0.3, -0.25) is 14.2 Å². The van der Waals surface area contributed by atoms with E-state index in [1.807, 2.05) is 72.7 Å². The second-order valence-corrected chi connectivity index (χ2v) is 9.96. The Morgan fingerprint density at radius 3 is 2.64 bits per heavy atom. The maximum Gasteiger partial charge on any atom is 0.266 e. The van der Waals surface area contributed by atoms with Gasteiger partial charge in [0.15, 0.2) is 0 Å². The Morgan fingerprint density at radius 2 is 1.92 bits per heavy atom. The topological polar surface area (TPSA) is 64.4 Å². The van der Waals surface area contributed by atoms with Gasteiger partial charge in [0.1, 0.15) is 11.6 Å². The summed E-state index contributed by atoms with van der Waals surface area (Å²) >= 11 is 1.43. The number of thiophene rings is 1. The zero-order chi connectivity index (χ0) is 25.7. The van der Waals surface area contributed by atoms with Crippen molar-refractivity contribution in [1.29, 1.82) is 0 Å². The number of ether oxygens (including phenoxy) is 1. The standard InChI is InChI=1S/C29H33N3O3S/c1-5-6-7-10-17-31(29(34)26-14-11-18-36-26)21(3)27-30-23-13-9-8-12-22(23)28(33)32(27)24-19-20(2)15-16-25(24)35-4/h8-9,11-16,18-19,21H,5-7,10,17H2,1-4H3. The number of unbranched alkanes of at least 4 members (excludes halogenated alkanes) is 3. The third-order valence-electron chi connectivity index (χ3n) is 6.46. The Bertz CT molecular complexity index is 1390. The smallest absolute Gasteiger partial charge is 0.266 e. The van der Waals surface area contributed by atoms with Crippen molar-refractivity contribution in [3.8, 4) is 11.4 Å².